The van der Waals surface area contributed by atoms with Crippen molar-refractivity contribution in [1.82, 2.24) is 14.8 Å². The molecule has 18 atom stereocenters. The number of hydrogen-bond acceptors (Lipinski definition) is 15. The van der Waals surface area contributed by atoms with Gasteiger partial charge in [0, 0.05) is 68.7 Å². The van der Waals surface area contributed by atoms with E-state index < -0.39 is 102 Å². The van der Waals surface area contributed by atoms with Crippen molar-refractivity contribution < 1.29 is 57.7 Å². The molecule has 4 saturated heterocycles. The third kappa shape index (κ3) is 11.5. The van der Waals surface area contributed by atoms with Crippen LogP contribution in [0.15, 0.2) is 36.7 Å². The first-order chi connectivity index (χ1) is 30.0. The van der Waals surface area contributed by atoms with Gasteiger partial charge in [-0.3, -0.25) is 19.5 Å². The average molecular weight is 904 g/mol. The molecule has 0 saturated carbocycles. The summed E-state index contributed by atoms with van der Waals surface area (Å²) in [6.45, 7) is 24.9. The number of ketones is 1. The predicted octanol–water partition coefficient (Wildman–Crippen LogP) is 5.19. The minimum atomic E-state index is -1.24. The van der Waals surface area contributed by atoms with Gasteiger partial charge < -0.3 is 53.0 Å². The van der Waals surface area contributed by atoms with Gasteiger partial charge in [0.25, 0.3) is 0 Å². The van der Waals surface area contributed by atoms with Gasteiger partial charge in [0.15, 0.2) is 12.6 Å². The van der Waals surface area contributed by atoms with Crippen LogP contribution in [0.3, 0.4) is 0 Å². The standard InChI is InChI=1S/C49H81N3O12/c1-16-37-49(11)39(29(3)27-59-49)31(5)40(53)28(2)23-48(10,58-21-20-52(14)26-35-18-17-19-50-25-35)44(64-46-41(54)36(51(12)13)22-30(4)60-46)32(6)42(33(7)45(56)62-37)63-38-24-47(9,57-15)43(55)34(8)61-38/h17-19,25,28,30-34,36-39,41-44,46,54-55H,3,16,20-24,26-27H2,1-2,4-15H3/t28?,30-,31?,32+,33-,34+,36+,37-,38+,39+,41-,42+,43?,44-,46+,47-,48-,49-/m1/s1. The van der Waals surface area contributed by atoms with Gasteiger partial charge in [-0.15, -0.1) is 0 Å². The number of fused-ring (bicyclic) bond motifs is 1. The van der Waals surface area contributed by atoms with Crippen LogP contribution in [0.25, 0.3) is 0 Å². The maximum absolute atomic E-state index is 14.9. The second kappa shape index (κ2) is 21.7. The van der Waals surface area contributed by atoms with Crippen LogP contribution < -0.4 is 0 Å². The fraction of sp³-hybridized carbons (Fsp3) is 0.816. The zero-order valence-corrected chi connectivity index (χ0v) is 41.2. The monoisotopic (exact) mass is 904 g/mol. The number of likely N-dealkylation sites (N-methyl/N-ethyl adjacent to an activating group) is 2. The minimum Gasteiger partial charge on any atom is -0.459 e. The number of carbonyl (C=O) groups excluding carboxylic acids is 2. The zero-order valence-electron chi connectivity index (χ0n) is 41.2. The fourth-order valence-corrected chi connectivity index (χ4v) is 11.1. The van der Waals surface area contributed by atoms with E-state index in [0.717, 1.165) is 11.1 Å². The number of aliphatic hydroxyl groups excluding tert-OH is 2. The number of rotatable bonds is 13. The normalized spacial score (nSPS) is 43.0. The van der Waals surface area contributed by atoms with Crippen molar-refractivity contribution in [2.45, 2.75) is 180 Å². The van der Waals surface area contributed by atoms with Gasteiger partial charge in [-0.2, -0.15) is 0 Å². The minimum absolute atomic E-state index is 0.00514. The average Bonchev–Trinajstić information content (AvgIpc) is 3.56. The van der Waals surface area contributed by atoms with Gasteiger partial charge in [0.2, 0.25) is 0 Å². The number of aromatic nitrogens is 1. The topological polar surface area (TPSA) is 168 Å². The number of Topliss-reactive ketones (excluding diaryl/α,β-unsaturated/α-hetero) is 1. The smallest absolute Gasteiger partial charge is 0.311 e. The van der Waals surface area contributed by atoms with Crippen molar-refractivity contribution in [3.8, 4) is 0 Å². The summed E-state index contributed by atoms with van der Waals surface area (Å²) in [7, 11) is 7.39. The molecule has 4 aliphatic heterocycles. The van der Waals surface area contributed by atoms with E-state index in [1.54, 1.807) is 27.2 Å². The molecule has 0 amide bonds. The van der Waals surface area contributed by atoms with E-state index >= 15 is 0 Å². The molecule has 1 aromatic heterocycles. The number of aliphatic hydroxyl groups is 2. The Morgan fingerprint density at radius 1 is 0.969 bits per heavy atom. The molecule has 5 rings (SSSR count). The third-order valence-electron chi connectivity index (χ3n) is 14.9. The van der Waals surface area contributed by atoms with Crippen LogP contribution in [0.5, 0.6) is 0 Å². The molecule has 15 nitrogen and oxygen atoms in total. The van der Waals surface area contributed by atoms with Crippen molar-refractivity contribution in [2.75, 3.05) is 48.0 Å². The highest BCUT2D eigenvalue weighted by atomic mass is 16.7. The molecule has 5 heterocycles. The molecule has 64 heavy (non-hydrogen) atoms. The number of ether oxygens (including phenoxy) is 8. The van der Waals surface area contributed by atoms with Gasteiger partial charge >= 0.3 is 5.97 Å². The first-order valence-electron chi connectivity index (χ1n) is 23.5. The Bertz CT molecular complexity index is 1710. The maximum Gasteiger partial charge on any atom is 0.311 e. The molecule has 15 heteroatoms. The molecular weight excluding hydrogens is 823 g/mol. The lowest BCUT2D eigenvalue weighted by molar-refractivity contribution is -0.320. The number of carbonyl (C=O) groups is 2. The number of hydrogen-bond donors (Lipinski definition) is 2. The van der Waals surface area contributed by atoms with Crippen LogP contribution in [-0.4, -0.2) is 163 Å². The van der Waals surface area contributed by atoms with E-state index in [2.05, 4.69) is 16.5 Å². The summed E-state index contributed by atoms with van der Waals surface area (Å²) in [5, 5.41) is 23.1. The largest absolute Gasteiger partial charge is 0.459 e. The van der Waals surface area contributed by atoms with Crippen LogP contribution in [0.2, 0.25) is 0 Å². The number of esters is 1. The second-order valence-electron chi connectivity index (χ2n) is 20.3. The molecule has 0 spiro atoms. The molecule has 4 aliphatic rings. The molecule has 4 fully saturated rings. The molecule has 0 radical (unpaired) electrons. The lowest BCUT2D eigenvalue weighted by Crippen LogP contribution is -2.61. The lowest BCUT2D eigenvalue weighted by atomic mass is 9.69. The Labute approximate surface area is 382 Å². The molecule has 0 aliphatic carbocycles. The van der Waals surface area contributed by atoms with Crippen molar-refractivity contribution >= 4 is 11.8 Å². The SMILES string of the molecule is C=C1CO[C@]2(C)[C@@H](CC)OC(=O)[C@H](C)[C@@H](O[C@H]3C[C@@](C)(OC)C(O)[C@H](C)O3)[C@H](C)[C@@H](O[C@@H]3O[C@H](C)C[C@H](N(C)C)[C@H]3O)[C@](C)(OCCN(C)Cc3cccnc3)CC(C)C(=O)C(C)[C@H]12. The number of methoxy groups -OCH3 is 1. The van der Waals surface area contributed by atoms with E-state index in [4.69, 9.17) is 37.9 Å². The molecule has 1 aromatic rings. The molecule has 3 unspecified atom stereocenters. The van der Waals surface area contributed by atoms with E-state index in [0.29, 0.717) is 25.9 Å². The van der Waals surface area contributed by atoms with Crippen molar-refractivity contribution in [3.63, 3.8) is 0 Å². The molecule has 2 N–H and O–H groups in total. The van der Waals surface area contributed by atoms with Crippen LogP contribution in [0, 0.1) is 29.6 Å². The first-order valence-corrected chi connectivity index (χ1v) is 23.5. The van der Waals surface area contributed by atoms with Gasteiger partial charge in [-0.25, -0.2) is 0 Å². The summed E-state index contributed by atoms with van der Waals surface area (Å²) >= 11 is 0. The van der Waals surface area contributed by atoms with Crippen LogP contribution in [-0.2, 0) is 54.0 Å². The van der Waals surface area contributed by atoms with Crippen molar-refractivity contribution in [2.24, 2.45) is 29.6 Å². The third-order valence-corrected chi connectivity index (χ3v) is 14.9. The van der Waals surface area contributed by atoms with E-state index in [1.165, 1.54) is 0 Å². The van der Waals surface area contributed by atoms with E-state index in [-0.39, 0.29) is 44.0 Å². The quantitative estimate of drug-likeness (QED) is 0.196. The molecule has 0 aromatic carbocycles. The summed E-state index contributed by atoms with van der Waals surface area (Å²) in [6.07, 6.45) is -2.59. The van der Waals surface area contributed by atoms with Crippen molar-refractivity contribution in [3.05, 3.63) is 42.2 Å². The molecule has 364 valence electrons. The summed E-state index contributed by atoms with van der Waals surface area (Å²) in [6, 6.07) is 3.65. The number of cyclic esters (lactones) is 1. The summed E-state index contributed by atoms with van der Waals surface area (Å²) < 4.78 is 52.9. The highest BCUT2D eigenvalue weighted by Gasteiger charge is 2.57. The summed E-state index contributed by atoms with van der Waals surface area (Å²) in [5.74, 6) is -3.66. The van der Waals surface area contributed by atoms with Crippen LogP contribution >= 0.6 is 0 Å². The Morgan fingerprint density at radius 3 is 2.30 bits per heavy atom. The van der Waals surface area contributed by atoms with E-state index in [1.807, 2.05) is 99.8 Å². The Morgan fingerprint density at radius 2 is 1.67 bits per heavy atom. The van der Waals surface area contributed by atoms with Gasteiger partial charge in [-0.1, -0.05) is 40.3 Å². The van der Waals surface area contributed by atoms with E-state index in [9.17, 15) is 19.8 Å². The maximum atomic E-state index is 14.9. The van der Waals surface area contributed by atoms with Gasteiger partial charge in [0.05, 0.1) is 54.7 Å². The molecule has 0 bridgehead atoms. The Hall–Kier alpha value is -2.41. The number of nitrogens with zero attached hydrogens (tertiary/aromatic N) is 3. The van der Waals surface area contributed by atoms with Crippen LogP contribution in [0.4, 0.5) is 0 Å². The zero-order chi connectivity index (χ0) is 47.5. The number of pyridine rings is 1. The highest BCUT2D eigenvalue weighted by Crippen LogP contribution is 2.47. The first kappa shape index (κ1) is 52.6. The predicted molar refractivity (Wildman–Crippen MR) is 241 cm³/mol. The second-order valence-corrected chi connectivity index (χ2v) is 20.3. The Kier molecular flexibility index (Phi) is 17.8. The van der Waals surface area contributed by atoms with Crippen LogP contribution in [0.1, 0.15) is 100 Å². The summed E-state index contributed by atoms with van der Waals surface area (Å²) in [4.78, 5) is 38.1. The highest BCUT2D eigenvalue weighted by molar-refractivity contribution is 5.84. The summed E-state index contributed by atoms with van der Waals surface area (Å²) in [5.41, 5.74) is -1.46. The van der Waals surface area contributed by atoms with Gasteiger partial charge in [-0.05, 0) is 99.2 Å². The van der Waals surface area contributed by atoms with Gasteiger partial charge in [0.1, 0.15) is 29.7 Å². The Balaban J connectivity index is 1.65. The molecular formula is C49H81N3O12. The fourth-order valence-electron chi connectivity index (χ4n) is 11.1. The lowest BCUT2D eigenvalue weighted by Gasteiger charge is -2.50. The van der Waals surface area contributed by atoms with Crippen molar-refractivity contribution in [1.29, 1.82) is 0 Å².